The van der Waals surface area contributed by atoms with Gasteiger partial charge < -0.3 is 10.2 Å². The van der Waals surface area contributed by atoms with Crippen LogP contribution >= 0.6 is 0 Å². The van der Waals surface area contributed by atoms with Crippen LogP contribution in [0.2, 0.25) is 0 Å². The Balaban J connectivity index is 2.07. The van der Waals surface area contributed by atoms with Crippen molar-refractivity contribution in [3.05, 3.63) is 59.7 Å². The number of rotatable bonds is 7. The molecule has 1 aromatic carbocycles. The van der Waals surface area contributed by atoms with E-state index in [0.29, 0.717) is 0 Å². The summed E-state index contributed by atoms with van der Waals surface area (Å²) >= 11 is 0. The first-order chi connectivity index (χ1) is 10.2. The summed E-state index contributed by atoms with van der Waals surface area (Å²) in [4.78, 5) is 6.36. The van der Waals surface area contributed by atoms with E-state index in [1.807, 2.05) is 37.6 Å². The van der Waals surface area contributed by atoms with Crippen molar-refractivity contribution in [1.29, 1.82) is 0 Å². The molecule has 0 aliphatic carbocycles. The Morgan fingerprint density at radius 3 is 2.67 bits per heavy atom. The Hall–Kier alpha value is -1.94. The van der Waals surface area contributed by atoms with Crippen LogP contribution in [0.25, 0.3) is 0 Å². The van der Waals surface area contributed by atoms with Gasteiger partial charge in [0.25, 0.3) is 0 Å². The highest BCUT2D eigenvalue weighted by atomic mass is 19.1. The van der Waals surface area contributed by atoms with E-state index in [1.54, 1.807) is 0 Å². The average Bonchev–Trinajstić information content (AvgIpc) is 2.50. The molecule has 0 saturated carbocycles. The largest absolute Gasteiger partial charge is 0.369 e. The molecule has 4 heteroatoms. The number of nitrogens with zero attached hydrogens (tertiary/aromatic N) is 2. The minimum Gasteiger partial charge on any atom is -0.369 e. The molecule has 0 radical (unpaired) electrons. The Morgan fingerprint density at radius 2 is 1.95 bits per heavy atom. The van der Waals surface area contributed by atoms with Gasteiger partial charge in [-0.1, -0.05) is 19.1 Å². The molecule has 21 heavy (non-hydrogen) atoms. The number of hydrogen-bond donors (Lipinski definition) is 1. The van der Waals surface area contributed by atoms with Crippen molar-refractivity contribution >= 4 is 5.69 Å². The fraction of sp³-hybridized carbons (Fsp3) is 0.353. The van der Waals surface area contributed by atoms with Crippen molar-refractivity contribution in [2.24, 2.45) is 0 Å². The third-order valence-electron chi connectivity index (χ3n) is 3.37. The third kappa shape index (κ3) is 4.53. The van der Waals surface area contributed by atoms with Crippen molar-refractivity contribution in [2.45, 2.75) is 26.4 Å². The predicted molar refractivity (Wildman–Crippen MR) is 84.7 cm³/mol. The van der Waals surface area contributed by atoms with Gasteiger partial charge in [-0.3, -0.25) is 4.98 Å². The Kier molecular flexibility index (Phi) is 5.69. The second kappa shape index (κ2) is 7.74. The van der Waals surface area contributed by atoms with E-state index in [4.69, 9.17) is 0 Å². The molecule has 0 atom stereocenters. The fourth-order valence-electron chi connectivity index (χ4n) is 2.26. The van der Waals surface area contributed by atoms with E-state index in [-0.39, 0.29) is 5.82 Å². The monoisotopic (exact) mass is 287 g/mol. The number of pyridine rings is 1. The van der Waals surface area contributed by atoms with Gasteiger partial charge in [-0.15, -0.1) is 0 Å². The summed E-state index contributed by atoms with van der Waals surface area (Å²) in [6, 6.07) is 8.67. The van der Waals surface area contributed by atoms with Gasteiger partial charge in [-0.2, -0.15) is 0 Å². The van der Waals surface area contributed by atoms with Gasteiger partial charge in [-0.25, -0.2) is 4.39 Å². The number of anilines is 1. The van der Waals surface area contributed by atoms with Crippen LogP contribution in [0.5, 0.6) is 0 Å². The first kappa shape index (κ1) is 15.4. The molecule has 0 bridgehead atoms. The van der Waals surface area contributed by atoms with Gasteiger partial charge in [0.1, 0.15) is 5.82 Å². The molecule has 0 aliphatic rings. The van der Waals surface area contributed by atoms with Crippen molar-refractivity contribution in [3.8, 4) is 0 Å². The van der Waals surface area contributed by atoms with Crippen LogP contribution in [0.4, 0.5) is 10.1 Å². The van der Waals surface area contributed by atoms with E-state index in [2.05, 4.69) is 22.1 Å². The summed E-state index contributed by atoms with van der Waals surface area (Å²) in [6.45, 7) is 4.72. The lowest BCUT2D eigenvalue weighted by molar-refractivity contribution is 0.627. The van der Waals surface area contributed by atoms with E-state index in [9.17, 15) is 4.39 Å². The van der Waals surface area contributed by atoms with E-state index < -0.39 is 0 Å². The molecule has 1 aromatic heterocycles. The molecule has 0 fully saturated rings. The summed E-state index contributed by atoms with van der Waals surface area (Å²) in [6.07, 6.45) is 4.82. The first-order valence-corrected chi connectivity index (χ1v) is 7.30. The van der Waals surface area contributed by atoms with Crippen molar-refractivity contribution in [3.63, 3.8) is 0 Å². The van der Waals surface area contributed by atoms with E-state index in [0.717, 1.165) is 37.3 Å². The standard InChI is InChI=1S/C17H22FN3/c1-3-9-19-11-15-8-10-20-12-17(15)21(2)13-14-4-6-16(18)7-5-14/h4-8,10,12,19H,3,9,11,13H2,1-2H3. The van der Waals surface area contributed by atoms with Crippen LogP contribution in [0.15, 0.2) is 42.7 Å². The van der Waals surface area contributed by atoms with Gasteiger partial charge in [0.2, 0.25) is 0 Å². The fourth-order valence-corrected chi connectivity index (χ4v) is 2.26. The molecule has 1 heterocycles. The zero-order valence-electron chi connectivity index (χ0n) is 12.6. The smallest absolute Gasteiger partial charge is 0.123 e. The topological polar surface area (TPSA) is 28.2 Å². The predicted octanol–water partition coefficient (Wildman–Crippen LogP) is 3.36. The van der Waals surface area contributed by atoms with Gasteiger partial charge in [-0.05, 0) is 42.3 Å². The van der Waals surface area contributed by atoms with Gasteiger partial charge in [0.05, 0.1) is 11.9 Å². The van der Waals surface area contributed by atoms with Crippen LogP contribution in [-0.4, -0.2) is 18.6 Å². The van der Waals surface area contributed by atoms with E-state index in [1.165, 1.54) is 17.7 Å². The quantitative estimate of drug-likeness (QED) is 0.792. The number of benzene rings is 1. The zero-order chi connectivity index (χ0) is 15.1. The average molecular weight is 287 g/mol. The second-order valence-electron chi connectivity index (χ2n) is 5.16. The third-order valence-corrected chi connectivity index (χ3v) is 3.37. The Morgan fingerprint density at radius 1 is 1.19 bits per heavy atom. The second-order valence-corrected chi connectivity index (χ2v) is 5.16. The van der Waals surface area contributed by atoms with Crippen molar-refractivity contribution in [2.75, 3.05) is 18.5 Å². The summed E-state index contributed by atoms with van der Waals surface area (Å²) in [5.41, 5.74) is 3.41. The normalized spacial score (nSPS) is 10.6. The summed E-state index contributed by atoms with van der Waals surface area (Å²) in [5, 5.41) is 3.41. The highest BCUT2D eigenvalue weighted by molar-refractivity contribution is 5.51. The highest BCUT2D eigenvalue weighted by Gasteiger charge is 2.08. The Bertz CT molecular complexity index is 554. The lowest BCUT2D eigenvalue weighted by atomic mass is 10.1. The number of nitrogens with one attached hydrogen (secondary N) is 1. The van der Waals surface area contributed by atoms with Crippen LogP contribution in [0, 0.1) is 5.82 Å². The van der Waals surface area contributed by atoms with Gasteiger partial charge >= 0.3 is 0 Å². The molecule has 112 valence electrons. The molecule has 0 spiro atoms. The number of halogens is 1. The molecule has 3 nitrogen and oxygen atoms in total. The highest BCUT2D eigenvalue weighted by Crippen LogP contribution is 2.20. The Labute approximate surface area is 125 Å². The summed E-state index contributed by atoms with van der Waals surface area (Å²) in [7, 11) is 2.03. The lowest BCUT2D eigenvalue weighted by Crippen LogP contribution is -2.21. The molecular weight excluding hydrogens is 265 g/mol. The number of hydrogen-bond acceptors (Lipinski definition) is 3. The van der Waals surface area contributed by atoms with Crippen LogP contribution in [0.3, 0.4) is 0 Å². The molecule has 0 saturated heterocycles. The molecule has 0 unspecified atom stereocenters. The van der Waals surface area contributed by atoms with E-state index >= 15 is 0 Å². The summed E-state index contributed by atoms with van der Waals surface area (Å²) in [5.74, 6) is -0.202. The maximum Gasteiger partial charge on any atom is 0.123 e. The lowest BCUT2D eigenvalue weighted by Gasteiger charge is -2.22. The molecule has 2 aromatic rings. The van der Waals surface area contributed by atoms with Crippen molar-refractivity contribution in [1.82, 2.24) is 10.3 Å². The summed E-state index contributed by atoms with van der Waals surface area (Å²) < 4.78 is 13.0. The van der Waals surface area contributed by atoms with Gasteiger partial charge in [0, 0.05) is 26.3 Å². The molecule has 0 aliphatic heterocycles. The molecular formula is C17H22FN3. The maximum atomic E-state index is 13.0. The van der Waals surface area contributed by atoms with Crippen LogP contribution < -0.4 is 10.2 Å². The molecule has 0 amide bonds. The van der Waals surface area contributed by atoms with Gasteiger partial charge in [0.15, 0.2) is 0 Å². The van der Waals surface area contributed by atoms with Crippen LogP contribution in [0.1, 0.15) is 24.5 Å². The molecule has 2 rings (SSSR count). The zero-order valence-corrected chi connectivity index (χ0v) is 12.6. The minimum atomic E-state index is -0.202. The number of aromatic nitrogens is 1. The first-order valence-electron chi connectivity index (χ1n) is 7.30. The SMILES string of the molecule is CCCNCc1ccncc1N(C)Cc1ccc(F)cc1. The maximum absolute atomic E-state index is 13.0. The molecule has 1 N–H and O–H groups in total. The minimum absolute atomic E-state index is 0.202. The van der Waals surface area contributed by atoms with Crippen molar-refractivity contribution < 1.29 is 4.39 Å². The van der Waals surface area contributed by atoms with Crippen LogP contribution in [-0.2, 0) is 13.1 Å².